The first-order valence-corrected chi connectivity index (χ1v) is 8.58. The fraction of sp³-hybridized carbons (Fsp3) is 0.235. The zero-order chi connectivity index (χ0) is 17.1. The molecule has 1 saturated heterocycles. The second-order valence-electron chi connectivity index (χ2n) is 5.52. The number of halogens is 1. The molecule has 0 radical (unpaired) electrons. The summed E-state index contributed by atoms with van der Waals surface area (Å²) >= 11 is 1.49. The lowest BCUT2D eigenvalue weighted by atomic mass is 10.2. The number of carbonyl (C=O) groups is 2. The molecule has 124 valence electrons. The van der Waals surface area contributed by atoms with Gasteiger partial charge in [-0.25, -0.2) is 4.98 Å². The highest BCUT2D eigenvalue weighted by atomic mass is 32.2. The van der Waals surface area contributed by atoms with Crippen LogP contribution >= 0.6 is 11.8 Å². The van der Waals surface area contributed by atoms with Crippen LogP contribution in [0.15, 0.2) is 42.6 Å². The molecule has 1 atom stereocenters. The number of aromatic nitrogens is 1. The average molecular weight is 345 g/mol. The highest BCUT2D eigenvalue weighted by Crippen LogP contribution is 2.24. The van der Waals surface area contributed by atoms with Gasteiger partial charge in [-0.05, 0) is 30.7 Å². The standard InChI is InChI=1S/C17H16FN3O2S/c1-11-3-2-4-13(7-11)20-16(22)14-9-24-10-21(14)17(23)12-5-6-19-15(18)8-12/h2-8,14H,9-10H2,1H3,(H,20,22). The maximum absolute atomic E-state index is 13.2. The van der Waals surface area contributed by atoms with E-state index in [1.807, 2.05) is 25.1 Å². The second kappa shape index (κ2) is 7.00. The molecular formula is C17H16FN3O2S. The molecule has 2 aromatic rings. The first-order chi connectivity index (χ1) is 11.5. The minimum Gasteiger partial charge on any atom is -0.324 e. The van der Waals surface area contributed by atoms with Gasteiger partial charge in [-0.1, -0.05) is 12.1 Å². The lowest BCUT2D eigenvalue weighted by Crippen LogP contribution is -2.44. The van der Waals surface area contributed by atoms with Crippen molar-refractivity contribution in [2.24, 2.45) is 0 Å². The molecule has 3 rings (SSSR count). The van der Waals surface area contributed by atoms with Gasteiger partial charge in [-0.15, -0.1) is 11.8 Å². The molecule has 1 unspecified atom stereocenters. The lowest BCUT2D eigenvalue weighted by molar-refractivity contribution is -0.119. The molecule has 1 fully saturated rings. The van der Waals surface area contributed by atoms with Crippen LogP contribution in [0.5, 0.6) is 0 Å². The van der Waals surface area contributed by atoms with Gasteiger partial charge < -0.3 is 10.2 Å². The minimum atomic E-state index is -0.714. The number of anilines is 1. The molecule has 7 heteroatoms. The lowest BCUT2D eigenvalue weighted by Gasteiger charge is -2.23. The number of hydrogen-bond donors (Lipinski definition) is 1. The maximum atomic E-state index is 13.2. The van der Waals surface area contributed by atoms with Gasteiger partial charge in [0.2, 0.25) is 11.9 Å². The Labute approximate surface area is 143 Å². The first kappa shape index (κ1) is 16.4. The molecule has 0 aliphatic carbocycles. The molecule has 0 bridgehead atoms. The zero-order valence-electron chi connectivity index (χ0n) is 13.0. The molecule has 1 aliphatic rings. The quantitative estimate of drug-likeness (QED) is 0.869. The molecule has 2 heterocycles. The predicted molar refractivity (Wildman–Crippen MR) is 91.3 cm³/mol. The van der Waals surface area contributed by atoms with E-state index in [1.165, 1.54) is 28.9 Å². The molecule has 1 aromatic carbocycles. The molecule has 1 aliphatic heterocycles. The van der Waals surface area contributed by atoms with Crippen molar-refractivity contribution in [2.45, 2.75) is 13.0 Å². The van der Waals surface area contributed by atoms with Gasteiger partial charge in [0, 0.05) is 29.3 Å². The summed E-state index contributed by atoms with van der Waals surface area (Å²) in [6, 6.07) is 9.41. The van der Waals surface area contributed by atoms with E-state index in [0.29, 0.717) is 17.3 Å². The molecule has 5 nitrogen and oxygen atoms in total. The first-order valence-electron chi connectivity index (χ1n) is 7.42. The van der Waals surface area contributed by atoms with Crippen molar-refractivity contribution in [3.05, 3.63) is 59.7 Å². The molecule has 1 aromatic heterocycles. The number of amides is 2. The van der Waals surface area contributed by atoms with Gasteiger partial charge in [0.1, 0.15) is 6.04 Å². The summed E-state index contributed by atoms with van der Waals surface area (Å²) in [5.41, 5.74) is 1.92. The van der Waals surface area contributed by atoms with Crippen LogP contribution in [0.3, 0.4) is 0 Å². The van der Waals surface area contributed by atoms with Crippen molar-refractivity contribution < 1.29 is 14.0 Å². The number of carbonyl (C=O) groups excluding carboxylic acids is 2. The smallest absolute Gasteiger partial charge is 0.255 e. The van der Waals surface area contributed by atoms with Crippen molar-refractivity contribution in [3.8, 4) is 0 Å². The number of thioether (sulfide) groups is 1. The van der Waals surface area contributed by atoms with Gasteiger partial charge >= 0.3 is 0 Å². The topological polar surface area (TPSA) is 62.3 Å². The van der Waals surface area contributed by atoms with Crippen LogP contribution in [0.2, 0.25) is 0 Å². The van der Waals surface area contributed by atoms with Crippen LogP contribution < -0.4 is 5.32 Å². The largest absolute Gasteiger partial charge is 0.324 e. The number of hydrogen-bond acceptors (Lipinski definition) is 4. The molecule has 1 N–H and O–H groups in total. The highest BCUT2D eigenvalue weighted by molar-refractivity contribution is 7.99. The van der Waals surface area contributed by atoms with Crippen LogP contribution in [-0.4, -0.2) is 39.4 Å². The van der Waals surface area contributed by atoms with Gasteiger partial charge in [-0.3, -0.25) is 9.59 Å². The number of benzene rings is 1. The molecular weight excluding hydrogens is 329 g/mol. The van der Waals surface area contributed by atoms with Crippen LogP contribution in [0.1, 0.15) is 15.9 Å². The normalized spacial score (nSPS) is 16.9. The van der Waals surface area contributed by atoms with E-state index >= 15 is 0 Å². The maximum Gasteiger partial charge on any atom is 0.255 e. The third-order valence-electron chi connectivity index (χ3n) is 3.70. The summed E-state index contributed by atoms with van der Waals surface area (Å²) in [6.45, 7) is 1.94. The van der Waals surface area contributed by atoms with E-state index in [4.69, 9.17) is 0 Å². The van der Waals surface area contributed by atoms with E-state index < -0.39 is 12.0 Å². The number of nitrogens with one attached hydrogen (secondary N) is 1. The fourth-order valence-electron chi connectivity index (χ4n) is 2.51. The SMILES string of the molecule is Cc1cccc(NC(=O)C2CSCN2C(=O)c2ccnc(F)c2)c1. The Morgan fingerprint density at radius 1 is 1.33 bits per heavy atom. The minimum absolute atomic E-state index is 0.193. The van der Waals surface area contributed by atoms with E-state index in [0.717, 1.165) is 11.6 Å². The van der Waals surface area contributed by atoms with Crippen LogP contribution in [0, 0.1) is 12.9 Å². The number of pyridine rings is 1. The van der Waals surface area contributed by atoms with E-state index in [2.05, 4.69) is 10.3 Å². The van der Waals surface area contributed by atoms with Crippen LogP contribution in [-0.2, 0) is 4.79 Å². The van der Waals surface area contributed by atoms with Crippen molar-refractivity contribution in [1.29, 1.82) is 0 Å². The third-order valence-corrected chi connectivity index (χ3v) is 4.72. The molecule has 0 saturated carbocycles. The van der Waals surface area contributed by atoms with Gasteiger partial charge in [-0.2, -0.15) is 4.39 Å². The average Bonchev–Trinajstić information content (AvgIpc) is 3.04. The summed E-state index contributed by atoms with van der Waals surface area (Å²) in [5, 5.41) is 2.84. The molecule has 24 heavy (non-hydrogen) atoms. The van der Waals surface area contributed by atoms with Crippen molar-refractivity contribution >= 4 is 29.3 Å². The Kier molecular flexibility index (Phi) is 4.80. The Morgan fingerprint density at radius 2 is 2.17 bits per heavy atom. The highest BCUT2D eigenvalue weighted by Gasteiger charge is 2.35. The van der Waals surface area contributed by atoms with Crippen molar-refractivity contribution in [3.63, 3.8) is 0 Å². The summed E-state index contributed by atoms with van der Waals surface area (Å²) in [5.74, 6) is -0.418. The Hall–Kier alpha value is -2.41. The van der Waals surface area contributed by atoms with Crippen molar-refractivity contribution in [2.75, 3.05) is 16.9 Å². The zero-order valence-corrected chi connectivity index (χ0v) is 13.8. The van der Waals surface area contributed by atoms with Crippen molar-refractivity contribution in [1.82, 2.24) is 9.88 Å². The molecule has 2 amide bonds. The van der Waals surface area contributed by atoms with E-state index in [9.17, 15) is 14.0 Å². The summed E-state index contributed by atoms with van der Waals surface area (Å²) in [7, 11) is 0. The third kappa shape index (κ3) is 3.56. The number of aryl methyl sites for hydroxylation is 1. The Morgan fingerprint density at radius 3 is 2.92 bits per heavy atom. The Bertz CT molecular complexity index is 784. The number of nitrogens with zero attached hydrogens (tertiary/aromatic N) is 2. The second-order valence-corrected chi connectivity index (χ2v) is 6.52. The predicted octanol–water partition coefficient (Wildman–Crippen LogP) is 2.68. The summed E-state index contributed by atoms with van der Waals surface area (Å²) in [4.78, 5) is 30.0. The van der Waals surface area contributed by atoms with Gasteiger partial charge in [0.15, 0.2) is 0 Å². The fourth-order valence-corrected chi connectivity index (χ4v) is 3.66. The van der Waals surface area contributed by atoms with E-state index in [-0.39, 0.29) is 17.4 Å². The monoisotopic (exact) mass is 345 g/mol. The molecule has 0 spiro atoms. The number of rotatable bonds is 3. The van der Waals surface area contributed by atoms with Gasteiger partial charge in [0.05, 0.1) is 5.88 Å². The van der Waals surface area contributed by atoms with Crippen LogP contribution in [0.4, 0.5) is 10.1 Å². The van der Waals surface area contributed by atoms with Crippen LogP contribution in [0.25, 0.3) is 0 Å². The van der Waals surface area contributed by atoms with Gasteiger partial charge in [0.25, 0.3) is 5.91 Å². The summed E-state index contributed by atoms with van der Waals surface area (Å²) in [6.07, 6.45) is 1.24. The van der Waals surface area contributed by atoms with E-state index in [1.54, 1.807) is 6.07 Å². The summed E-state index contributed by atoms with van der Waals surface area (Å²) < 4.78 is 13.2. The Balaban J connectivity index is 1.75.